The van der Waals surface area contributed by atoms with E-state index in [1.54, 1.807) is 12.1 Å². The topological polar surface area (TPSA) is 83.8 Å². The average molecular weight is 338 g/mol. The molecule has 2 N–H and O–H groups in total. The number of hydrogen-bond donors (Lipinski definition) is 2. The molecule has 0 unspecified atom stereocenters. The Morgan fingerprint density at radius 1 is 1.05 bits per heavy atom. The molecular weight excluding hydrogens is 314 g/mol. The van der Waals surface area contributed by atoms with Gasteiger partial charge in [-0.2, -0.15) is 0 Å². The van der Waals surface area contributed by atoms with Crippen molar-refractivity contribution in [3.8, 4) is 0 Å². The van der Waals surface area contributed by atoms with Crippen LogP contribution in [0.15, 0.2) is 18.2 Å². The molecular formula is C15H24NaO5P. The Bertz CT molecular complexity index is 593. The maximum absolute atomic E-state index is 12.0. The van der Waals surface area contributed by atoms with Crippen LogP contribution in [0.3, 0.4) is 0 Å². The number of carbonyl (C=O) groups excluding carboxylic acids is 1. The van der Waals surface area contributed by atoms with Crippen LogP contribution in [0.4, 0.5) is 0 Å². The molecule has 120 valence electrons. The number of carbonyl (C=O) groups is 1. The fraction of sp³-hybridized carbons (Fsp3) is 0.533. The van der Waals surface area contributed by atoms with Gasteiger partial charge in [0.2, 0.25) is 0 Å². The van der Waals surface area contributed by atoms with Crippen molar-refractivity contribution in [2.75, 3.05) is 0 Å². The van der Waals surface area contributed by atoms with Crippen LogP contribution in [-0.2, 0) is 19.9 Å². The Morgan fingerprint density at radius 2 is 1.55 bits per heavy atom. The standard InChI is InChI=1S/C15H23O5P.Na.H/c1-14(2,3)10-7-8-11(12(9-10)15(4,5)6)13(16)20-21(17,18)19;;/h7-9H,1-6H3,(H2,17,18,19);;. The summed E-state index contributed by atoms with van der Waals surface area (Å²) >= 11 is 0. The maximum atomic E-state index is 12.0. The second-order valence-corrected chi connectivity index (χ2v) is 8.29. The number of hydrogen-bond acceptors (Lipinski definition) is 3. The second kappa shape index (κ2) is 7.16. The van der Waals surface area contributed by atoms with Gasteiger partial charge in [-0.15, -0.1) is 0 Å². The average Bonchev–Trinajstić information content (AvgIpc) is 2.23. The minimum atomic E-state index is -4.85. The van der Waals surface area contributed by atoms with E-state index < -0.39 is 13.8 Å². The molecule has 0 aliphatic carbocycles. The van der Waals surface area contributed by atoms with Gasteiger partial charge >= 0.3 is 43.3 Å². The van der Waals surface area contributed by atoms with Crippen molar-refractivity contribution in [1.82, 2.24) is 0 Å². The summed E-state index contributed by atoms with van der Waals surface area (Å²) in [6.07, 6.45) is 0. The van der Waals surface area contributed by atoms with Crippen LogP contribution in [0, 0.1) is 0 Å². The molecule has 0 atom stereocenters. The third-order valence-corrected chi connectivity index (χ3v) is 3.52. The van der Waals surface area contributed by atoms with Crippen LogP contribution in [0.25, 0.3) is 0 Å². The number of phosphoric acid groups is 1. The monoisotopic (exact) mass is 338 g/mol. The van der Waals surface area contributed by atoms with Crippen LogP contribution < -0.4 is 0 Å². The third kappa shape index (κ3) is 6.15. The molecule has 5 nitrogen and oxygen atoms in total. The van der Waals surface area contributed by atoms with E-state index in [-0.39, 0.29) is 46.0 Å². The molecule has 1 rings (SSSR count). The molecule has 0 saturated carbocycles. The van der Waals surface area contributed by atoms with Crippen molar-refractivity contribution in [2.24, 2.45) is 0 Å². The number of rotatable bonds is 2. The van der Waals surface area contributed by atoms with Crippen LogP contribution in [0.5, 0.6) is 0 Å². The molecule has 1 aromatic carbocycles. The van der Waals surface area contributed by atoms with E-state index >= 15 is 0 Å². The molecule has 0 fully saturated rings. The fourth-order valence-corrected chi connectivity index (χ4v) is 2.28. The zero-order valence-corrected chi connectivity index (χ0v) is 14.2. The predicted octanol–water partition coefficient (Wildman–Crippen LogP) is 2.88. The predicted molar refractivity (Wildman–Crippen MR) is 88.5 cm³/mol. The van der Waals surface area contributed by atoms with Crippen LogP contribution in [0.2, 0.25) is 0 Å². The molecule has 22 heavy (non-hydrogen) atoms. The Morgan fingerprint density at radius 3 is 1.91 bits per heavy atom. The van der Waals surface area contributed by atoms with Crippen molar-refractivity contribution in [2.45, 2.75) is 52.4 Å². The molecule has 7 heteroatoms. The van der Waals surface area contributed by atoms with Crippen molar-refractivity contribution in [1.29, 1.82) is 0 Å². The summed E-state index contributed by atoms with van der Waals surface area (Å²) in [5.41, 5.74) is 1.48. The zero-order valence-electron chi connectivity index (χ0n) is 13.3. The minimum absolute atomic E-state index is 0. The summed E-state index contributed by atoms with van der Waals surface area (Å²) in [5, 5.41) is 0. The van der Waals surface area contributed by atoms with Gasteiger partial charge in [-0.25, -0.2) is 9.36 Å². The van der Waals surface area contributed by atoms with Gasteiger partial charge in [-0.3, -0.25) is 9.79 Å². The number of phosphoric ester groups is 1. The first-order chi connectivity index (χ1) is 9.22. The van der Waals surface area contributed by atoms with E-state index in [2.05, 4.69) is 25.3 Å². The molecule has 0 aromatic heterocycles. The quantitative estimate of drug-likeness (QED) is 0.640. The molecule has 0 aliphatic heterocycles. The molecule has 0 bridgehead atoms. The normalized spacial score (nSPS) is 12.5. The summed E-state index contributed by atoms with van der Waals surface area (Å²) < 4.78 is 15.1. The van der Waals surface area contributed by atoms with Gasteiger partial charge in [0.25, 0.3) is 0 Å². The molecule has 0 heterocycles. The van der Waals surface area contributed by atoms with Crippen molar-refractivity contribution in [3.05, 3.63) is 34.9 Å². The summed E-state index contributed by atoms with van der Waals surface area (Å²) in [6.45, 7) is 12.0. The van der Waals surface area contributed by atoms with Crippen LogP contribution >= 0.6 is 7.82 Å². The van der Waals surface area contributed by atoms with Crippen molar-refractivity contribution >= 4 is 43.3 Å². The SMILES string of the molecule is CC(C)(C)c1ccc(C(=O)OP(=O)(O)O)c(C(C)(C)C)c1.[NaH]. The van der Waals surface area contributed by atoms with Crippen LogP contribution in [-0.4, -0.2) is 45.3 Å². The summed E-state index contributed by atoms with van der Waals surface area (Å²) in [7, 11) is -4.85. The molecule has 1 aromatic rings. The van der Waals surface area contributed by atoms with E-state index in [4.69, 9.17) is 9.79 Å². The summed E-state index contributed by atoms with van der Waals surface area (Å²) in [4.78, 5) is 29.6. The van der Waals surface area contributed by atoms with Gasteiger partial charge < -0.3 is 4.52 Å². The molecule has 0 radical (unpaired) electrons. The Balaban J connectivity index is 0.00000441. The van der Waals surface area contributed by atoms with E-state index in [1.165, 1.54) is 0 Å². The first-order valence-electron chi connectivity index (χ1n) is 6.66. The third-order valence-electron chi connectivity index (χ3n) is 3.12. The fourth-order valence-electron chi connectivity index (χ4n) is 1.97. The van der Waals surface area contributed by atoms with Gasteiger partial charge in [-0.1, -0.05) is 53.7 Å². The summed E-state index contributed by atoms with van der Waals surface area (Å²) in [6, 6.07) is 5.25. The van der Waals surface area contributed by atoms with E-state index in [1.807, 2.05) is 26.8 Å². The van der Waals surface area contributed by atoms with Gasteiger partial charge in [0.1, 0.15) is 0 Å². The first-order valence-corrected chi connectivity index (χ1v) is 8.19. The van der Waals surface area contributed by atoms with Gasteiger partial charge in [-0.05, 0) is 28.0 Å². The molecule has 0 aliphatic rings. The molecule has 0 saturated heterocycles. The first kappa shape index (κ1) is 21.8. The Kier molecular flexibility index (Phi) is 7.11. The van der Waals surface area contributed by atoms with Crippen molar-refractivity contribution in [3.63, 3.8) is 0 Å². The van der Waals surface area contributed by atoms with E-state index in [9.17, 15) is 9.36 Å². The Labute approximate surface area is 154 Å². The molecule has 0 spiro atoms. The van der Waals surface area contributed by atoms with E-state index in [0.29, 0.717) is 5.56 Å². The summed E-state index contributed by atoms with van der Waals surface area (Å²) in [5.74, 6) is -1.01. The zero-order chi connectivity index (χ0) is 16.6. The van der Waals surface area contributed by atoms with Gasteiger partial charge in [0.05, 0.1) is 5.56 Å². The second-order valence-electron chi connectivity index (χ2n) is 7.13. The van der Waals surface area contributed by atoms with Gasteiger partial charge in [0.15, 0.2) is 0 Å². The molecule has 0 amide bonds. The number of benzene rings is 1. The van der Waals surface area contributed by atoms with Gasteiger partial charge in [0, 0.05) is 0 Å². The van der Waals surface area contributed by atoms with E-state index in [0.717, 1.165) is 5.56 Å². The Hall–Kier alpha value is -0.160. The van der Waals surface area contributed by atoms with Crippen LogP contribution in [0.1, 0.15) is 63.0 Å². The van der Waals surface area contributed by atoms with Crippen molar-refractivity contribution < 1.29 is 23.7 Å².